The maximum atomic E-state index is 12.9. The molecule has 2 nitrogen and oxygen atoms in total. The first kappa shape index (κ1) is 16.8. The fraction of sp³-hybridized carbons (Fsp3) is 0.600. The highest BCUT2D eigenvalue weighted by molar-refractivity contribution is 9.10. The minimum atomic E-state index is -4.33. The van der Waals surface area contributed by atoms with Gasteiger partial charge in [-0.3, -0.25) is 11.3 Å². The lowest BCUT2D eigenvalue weighted by Gasteiger charge is -2.27. The van der Waals surface area contributed by atoms with E-state index in [2.05, 4.69) is 21.4 Å². The molecule has 0 aromatic heterocycles. The maximum absolute atomic E-state index is 12.9. The highest BCUT2D eigenvalue weighted by Crippen LogP contribution is 2.37. The number of nitrogens with two attached hydrogens (primary N) is 1. The minimum absolute atomic E-state index is 0.259. The zero-order chi connectivity index (χ0) is 15.5. The molecule has 0 heterocycles. The monoisotopic (exact) mass is 364 g/mol. The molecule has 1 aromatic carbocycles. The van der Waals surface area contributed by atoms with Gasteiger partial charge in [0.05, 0.1) is 5.56 Å². The van der Waals surface area contributed by atoms with E-state index in [1.807, 2.05) is 0 Å². The number of alkyl halides is 3. The summed E-state index contributed by atoms with van der Waals surface area (Å²) >= 11 is 3.34. The highest BCUT2D eigenvalue weighted by atomic mass is 79.9. The fourth-order valence-corrected chi connectivity index (χ4v) is 3.55. The summed E-state index contributed by atoms with van der Waals surface area (Å²) in [7, 11) is 0. The molecule has 0 amide bonds. The Morgan fingerprint density at radius 3 is 2.48 bits per heavy atom. The Hall–Kier alpha value is -0.590. The molecule has 0 saturated heterocycles. The van der Waals surface area contributed by atoms with Crippen molar-refractivity contribution in [2.45, 2.75) is 50.7 Å². The summed E-state index contributed by atoms with van der Waals surface area (Å²) in [5.41, 5.74) is 2.63. The fourth-order valence-electron chi connectivity index (χ4n) is 3.03. The lowest BCUT2D eigenvalue weighted by atomic mass is 9.83. The SMILES string of the molecule is NNC(CC1CCCCC1)c1cc(C(F)(F)F)ccc1Br. The molecule has 0 aliphatic heterocycles. The summed E-state index contributed by atoms with van der Waals surface area (Å²) in [6.45, 7) is 0. The van der Waals surface area contributed by atoms with Gasteiger partial charge in [-0.15, -0.1) is 0 Å². The number of hydrogen-bond acceptors (Lipinski definition) is 2. The van der Waals surface area contributed by atoms with E-state index in [9.17, 15) is 13.2 Å². The van der Waals surface area contributed by atoms with Crippen molar-refractivity contribution in [2.24, 2.45) is 11.8 Å². The van der Waals surface area contributed by atoms with Crippen molar-refractivity contribution in [1.82, 2.24) is 5.43 Å². The predicted octanol–water partition coefficient (Wildman–Crippen LogP) is 4.94. The third-order valence-corrected chi connectivity index (χ3v) is 4.92. The molecule has 1 fully saturated rings. The van der Waals surface area contributed by atoms with E-state index in [4.69, 9.17) is 5.84 Å². The predicted molar refractivity (Wildman–Crippen MR) is 80.4 cm³/mol. The van der Waals surface area contributed by atoms with Crippen molar-refractivity contribution < 1.29 is 13.2 Å². The summed E-state index contributed by atoms with van der Waals surface area (Å²) in [6.07, 6.45) is 2.36. The normalized spacial score (nSPS) is 18.7. The Bertz CT molecular complexity index is 470. The number of halogens is 4. The smallest absolute Gasteiger partial charge is 0.271 e. The van der Waals surface area contributed by atoms with Crippen LogP contribution >= 0.6 is 15.9 Å². The second-order valence-corrected chi connectivity index (χ2v) is 6.55. The molecule has 21 heavy (non-hydrogen) atoms. The number of hydrogen-bond donors (Lipinski definition) is 2. The molecule has 1 unspecified atom stereocenters. The van der Waals surface area contributed by atoms with Gasteiger partial charge in [0.2, 0.25) is 0 Å². The summed E-state index contributed by atoms with van der Waals surface area (Å²) in [6, 6.07) is 3.47. The van der Waals surface area contributed by atoms with Gasteiger partial charge in [-0.05, 0) is 36.1 Å². The van der Waals surface area contributed by atoms with Crippen LogP contribution in [0.15, 0.2) is 22.7 Å². The summed E-state index contributed by atoms with van der Waals surface area (Å²) < 4.78 is 39.2. The van der Waals surface area contributed by atoms with Crippen LogP contribution in [0.3, 0.4) is 0 Å². The van der Waals surface area contributed by atoms with Crippen LogP contribution in [0, 0.1) is 5.92 Å². The molecular formula is C15H20BrF3N2. The third kappa shape index (κ3) is 4.44. The van der Waals surface area contributed by atoms with Crippen LogP contribution in [0.5, 0.6) is 0 Å². The minimum Gasteiger partial charge on any atom is -0.271 e. The average Bonchev–Trinajstić information content (AvgIpc) is 2.45. The largest absolute Gasteiger partial charge is 0.416 e. The molecule has 3 N–H and O–H groups in total. The first-order valence-corrected chi connectivity index (χ1v) is 8.04. The van der Waals surface area contributed by atoms with Crippen LogP contribution in [-0.2, 0) is 6.18 Å². The van der Waals surface area contributed by atoms with E-state index in [-0.39, 0.29) is 6.04 Å². The standard InChI is InChI=1S/C15H20BrF3N2/c16-13-7-6-11(15(17,18)19)9-12(13)14(21-20)8-10-4-2-1-3-5-10/h6-7,9-10,14,21H,1-5,8,20H2. The first-order valence-electron chi connectivity index (χ1n) is 7.24. The topological polar surface area (TPSA) is 38.0 Å². The molecule has 1 aliphatic carbocycles. The lowest BCUT2D eigenvalue weighted by Crippen LogP contribution is -2.30. The molecule has 118 valence electrons. The van der Waals surface area contributed by atoms with E-state index >= 15 is 0 Å². The number of rotatable bonds is 4. The molecule has 2 rings (SSSR count). The zero-order valence-corrected chi connectivity index (χ0v) is 13.3. The molecule has 0 bridgehead atoms. The van der Waals surface area contributed by atoms with Crippen molar-refractivity contribution in [3.05, 3.63) is 33.8 Å². The number of hydrazine groups is 1. The Morgan fingerprint density at radius 2 is 1.90 bits per heavy atom. The highest BCUT2D eigenvalue weighted by Gasteiger charge is 2.32. The van der Waals surface area contributed by atoms with Crippen molar-refractivity contribution in [3.63, 3.8) is 0 Å². The molecule has 1 atom stereocenters. The zero-order valence-electron chi connectivity index (χ0n) is 11.7. The quantitative estimate of drug-likeness (QED) is 0.586. The second-order valence-electron chi connectivity index (χ2n) is 5.69. The van der Waals surface area contributed by atoms with Gasteiger partial charge in [-0.25, -0.2) is 0 Å². The Balaban J connectivity index is 2.20. The Morgan fingerprint density at radius 1 is 1.24 bits per heavy atom. The first-order chi connectivity index (χ1) is 9.91. The number of benzene rings is 1. The third-order valence-electron chi connectivity index (χ3n) is 4.19. The van der Waals surface area contributed by atoms with Gasteiger partial charge in [-0.2, -0.15) is 13.2 Å². The van der Waals surface area contributed by atoms with Crippen molar-refractivity contribution in [2.75, 3.05) is 0 Å². The Kier molecular flexibility index (Phi) is 5.68. The van der Waals surface area contributed by atoms with Crippen LogP contribution in [-0.4, -0.2) is 0 Å². The molecule has 0 radical (unpaired) electrons. The van der Waals surface area contributed by atoms with Crippen LogP contribution in [0.25, 0.3) is 0 Å². The van der Waals surface area contributed by atoms with Gasteiger partial charge in [-0.1, -0.05) is 48.0 Å². The van der Waals surface area contributed by atoms with Gasteiger partial charge in [0.1, 0.15) is 0 Å². The average molecular weight is 365 g/mol. The van der Waals surface area contributed by atoms with Gasteiger partial charge in [0.25, 0.3) is 0 Å². The van der Waals surface area contributed by atoms with Crippen molar-refractivity contribution >= 4 is 15.9 Å². The van der Waals surface area contributed by atoms with Gasteiger partial charge in [0, 0.05) is 10.5 Å². The summed E-state index contributed by atoms with van der Waals surface area (Å²) in [5.74, 6) is 6.13. The Labute approximate surface area is 131 Å². The second kappa shape index (κ2) is 7.11. The molecule has 1 aromatic rings. The lowest BCUT2D eigenvalue weighted by molar-refractivity contribution is -0.137. The van der Waals surface area contributed by atoms with Crippen LogP contribution in [0.1, 0.15) is 55.7 Å². The van der Waals surface area contributed by atoms with E-state index < -0.39 is 11.7 Å². The van der Waals surface area contributed by atoms with Crippen molar-refractivity contribution in [3.8, 4) is 0 Å². The van der Waals surface area contributed by atoms with E-state index in [0.29, 0.717) is 16.0 Å². The van der Waals surface area contributed by atoms with E-state index in [1.165, 1.54) is 31.4 Å². The van der Waals surface area contributed by atoms with Gasteiger partial charge in [0.15, 0.2) is 0 Å². The van der Waals surface area contributed by atoms with Crippen LogP contribution in [0.2, 0.25) is 0 Å². The number of nitrogens with one attached hydrogen (secondary N) is 1. The maximum Gasteiger partial charge on any atom is 0.416 e. The molecular weight excluding hydrogens is 345 g/mol. The van der Waals surface area contributed by atoms with E-state index in [1.54, 1.807) is 0 Å². The van der Waals surface area contributed by atoms with Gasteiger partial charge < -0.3 is 0 Å². The van der Waals surface area contributed by atoms with Crippen LogP contribution in [0.4, 0.5) is 13.2 Å². The van der Waals surface area contributed by atoms with Crippen LogP contribution < -0.4 is 11.3 Å². The molecule has 1 aliphatic rings. The van der Waals surface area contributed by atoms with Crippen molar-refractivity contribution in [1.29, 1.82) is 0 Å². The summed E-state index contributed by atoms with van der Waals surface area (Å²) in [5, 5.41) is 0. The molecule has 1 saturated carbocycles. The molecule has 6 heteroatoms. The molecule has 0 spiro atoms. The summed E-state index contributed by atoms with van der Waals surface area (Å²) in [4.78, 5) is 0. The van der Waals surface area contributed by atoms with E-state index in [0.717, 1.165) is 25.3 Å². The van der Waals surface area contributed by atoms with Gasteiger partial charge >= 0.3 is 6.18 Å².